The van der Waals surface area contributed by atoms with E-state index in [9.17, 15) is 4.79 Å². The lowest BCUT2D eigenvalue weighted by Gasteiger charge is -2.09. The summed E-state index contributed by atoms with van der Waals surface area (Å²) < 4.78 is 1.09. The molecule has 2 N–H and O–H groups in total. The van der Waals surface area contributed by atoms with Crippen LogP contribution in [0.1, 0.15) is 11.8 Å². The molecule has 0 aliphatic rings. The first-order valence-electron chi connectivity index (χ1n) is 4.32. The first-order valence-corrected chi connectivity index (χ1v) is 5.93. The van der Waals surface area contributed by atoms with Crippen LogP contribution in [0.2, 0.25) is 0 Å². The molecule has 0 saturated heterocycles. The van der Waals surface area contributed by atoms with Gasteiger partial charge < -0.3 is 10.6 Å². The summed E-state index contributed by atoms with van der Waals surface area (Å²) in [6.45, 7) is 2.43. The fourth-order valence-electron chi connectivity index (χ4n) is 0.905. The highest BCUT2D eigenvalue weighted by Gasteiger charge is 2.09. The van der Waals surface area contributed by atoms with Gasteiger partial charge in [0.15, 0.2) is 0 Å². The smallest absolute Gasteiger partial charge is 0.237 e. The molecule has 14 heavy (non-hydrogen) atoms. The molecule has 1 aromatic heterocycles. The minimum absolute atomic E-state index is 0.0250. The summed E-state index contributed by atoms with van der Waals surface area (Å²) in [5, 5.41) is 5.74. The SMILES string of the molecule is CNC(C)C(=O)NCc1ccc(Br)s1. The Morgan fingerprint density at radius 3 is 2.86 bits per heavy atom. The summed E-state index contributed by atoms with van der Waals surface area (Å²) in [5.41, 5.74) is 0. The van der Waals surface area contributed by atoms with Gasteiger partial charge in [-0.25, -0.2) is 0 Å². The van der Waals surface area contributed by atoms with Gasteiger partial charge in [0.05, 0.1) is 16.4 Å². The van der Waals surface area contributed by atoms with E-state index < -0.39 is 0 Å². The van der Waals surface area contributed by atoms with Gasteiger partial charge in [-0.15, -0.1) is 11.3 Å². The number of hydrogen-bond acceptors (Lipinski definition) is 3. The number of likely N-dealkylation sites (N-methyl/N-ethyl adjacent to an activating group) is 1. The fraction of sp³-hybridized carbons (Fsp3) is 0.444. The molecule has 3 nitrogen and oxygen atoms in total. The van der Waals surface area contributed by atoms with Crippen molar-refractivity contribution in [3.8, 4) is 0 Å². The van der Waals surface area contributed by atoms with Crippen LogP contribution in [0, 0.1) is 0 Å². The fourth-order valence-corrected chi connectivity index (χ4v) is 2.33. The van der Waals surface area contributed by atoms with Crippen LogP contribution in [0.5, 0.6) is 0 Å². The quantitative estimate of drug-likeness (QED) is 0.880. The van der Waals surface area contributed by atoms with Crippen molar-refractivity contribution in [1.29, 1.82) is 0 Å². The van der Waals surface area contributed by atoms with E-state index in [0.717, 1.165) is 8.66 Å². The molecule has 1 unspecified atom stereocenters. The Labute approximate surface area is 96.0 Å². The summed E-state index contributed by atoms with van der Waals surface area (Å²) in [6.07, 6.45) is 0. The van der Waals surface area contributed by atoms with E-state index >= 15 is 0 Å². The molecule has 0 fully saturated rings. The molecule has 1 aromatic rings. The van der Waals surface area contributed by atoms with Crippen molar-refractivity contribution in [2.75, 3.05) is 7.05 Å². The van der Waals surface area contributed by atoms with Crippen LogP contribution in [0.4, 0.5) is 0 Å². The Morgan fingerprint density at radius 2 is 2.36 bits per heavy atom. The lowest BCUT2D eigenvalue weighted by Crippen LogP contribution is -2.39. The van der Waals surface area contributed by atoms with Crippen molar-refractivity contribution in [2.24, 2.45) is 0 Å². The zero-order chi connectivity index (χ0) is 10.6. The molecule has 1 rings (SSSR count). The molecule has 1 atom stereocenters. The van der Waals surface area contributed by atoms with Crippen LogP contribution >= 0.6 is 27.3 Å². The minimum atomic E-state index is -0.140. The first kappa shape index (κ1) is 11.7. The van der Waals surface area contributed by atoms with E-state index in [2.05, 4.69) is 26.6 Å². The highest BCUT2D eigenvalue weighted by atomic mass is 79.9. The number of amides is 1. The molecule has 5 heteroatoms. The number of halogens is 1. The van der Waals surface area contributed by atoms with Crippen molar-refractivity contribution in [3.63, 3.8) is 0 Å². The second kappa shape index (κ2) is 5.48. The second-order valence-electron chi connectivity index (χ2n) is 2.93. The van der Waals surface area contributed by atoms with Gasteiger partial charge in [-0.1, -0.05) is 0 Å². The van der Waals surface area contributed by atoms with Crippen molar-refractivity contribution in [3.05, 3.63) is 20.8 Å². The maximum absolute atomic E-state index is 11.4. The lowest BCUT2D eigenvalue weighted by molar-refractivity contribution is -0.122. The largest absolute Gasteiger partial charge is 0.350 e. The van der Waals surface area contributed by atoms with Crippen LogP contribution in [0.15, 0.2) is 15.9 Å². The normalized spacial score (nSPS) is 12.5. The highest BCUT2D eigenvalue weighted by molar-refractivity contribution is 9.11. The number of rotatable bonds is 4. The molecule has 1 amide bonds. The second-order valence-corrected chi connectivity index (χ2v) is 5.48. The summed E-state index contributed by atoms with van der Waals surface area (Å²) in [7, 11) is 1.77. The molecule has 0 radical (unpaired) electrons. The van der Waals surface area contributed by atoms with Gasteiger partial charge in [0.1, 0.15) is 0 Å². The Bertz CT molecular complexity index is 314. The predicted octanol–water partition coefficient (Wildman–Crippen LogP) is 1.73. The average Bonchev–Trinajstić information content (AvgIpc) is 2.59. The van der Waals surface area contributed by atoms with E-state index in [1.54, 1.807) is 18.4 Å². The molecule has 0 aliphatic carbocycles. The Balaban J connectivity index is 2.37. The minimum Gasteiger partial charge on any atom is -0.350 e. The zero-order valence-electron chi connectivity index (χ0n) is 8.13. The van der Waals surface area contributed by atoms with Crippen molar-refractivity contribution < 1.29 is 4.79 Å². The van der Waals surface area contributed by atoms with E-state index in [1.165, 1.54) is 0 Å². The van der Waals surface area contributed by atoms with Crippen molar-refractivity contribution in [2.45, 2.75) is 19.5 Å². The van der Waals surface area contributed by atoms with Gasteiger partial charge in [-0.05, 0) is 42.0 Å². The molecule has 1 heterocycles. The number of carbonyl (C=O) groups is 1. The van der Waals surface area contributed by atoms with Gasteiger partial charge in [0, 0.05) is 4.88 Å². The van der Waals surface area contributed by atoms with E-state index in [4.69, 9.17) is 0 Å². The Morgan fingerprint density at radius 1 is 1.64 bits per heavy atom. The number of carbonyl (C=O) groups excluding carboxylic acids is 1. The van der Waals surface area contributed by atoms with Gasteiger partial charge in [0.25, 0.3) is 0 Å². The highest BCUT2D eigenvalue weighted by Crippen LogP contribution is 2.21. The lowest BCUT2D eigenvalue weighted by atomic mass is 10.3. The monoisotopic (exact) mass is 276 g/mol. The Hall–Kier alpha value is -0.390. The third kappa shape index (κ3) is 3.40. The topological polar surface area (TPSA) is 41.1 Å². The number of thiophene rings is 1. The number of nitrogens with one attached hydrogen (secondary N) is 2. The van der Waals surface area contributed by atoms with Crippen molar-refractivity contribution >= 4 is 33.2 Å². The summed E-state index contributed by atoms with van der Waals surface area (Å²) in [5.74, 6) is 0.0250. The Kier molecular flexibility index (Phi) is 4.57. The average molecular weight is 277 g/mol. The third-order valence-corrected chi connectivity index (χ3v) is 3.52. The van der Waals surface area contributed by atoms with Crippen LogP contribution in [0.3, 0.4) is 0 Å². The molecule has 0 aliphatic heterocycles. The first-order chi connectivity index (χ1) is 6.63. The molecule has 0 saturated carbocycles. The molecular weight excluding hydrogens is 264 g/mol. The van der Waals surface area contributed by atoms with Gasteiger partial charge in [0.2, 0.25) is 5.91 Å². The van der Waals surface area contributed by atoms with E-state index in [0.29, 0.717) is 6.54 Å². The van der Waals surface area contributed by atoms with Gasteiger partial charge in [-0.2, -0.15) is 0 Å². The van der Waals surface area contributed by atoms with Crippen LogP contribution in [-0.2, 0) is 11.3 Å². The molecule has 0 aromatic carbocycles. The third-order valence-electron chi connectivity index (χ3n) is 1.89. The molecule has 78 valence electrons. The maximum atomic E-state index is 11.4. The van der Waals surface area contributed by atoms with E-state index in [-0.39, 0.29) is 11.9 Å². The standard InChI is InChI=1S/C9H13BrN2OS/c1-6(11-2)9(13)12-5-7-3-4-8(10)14-7/h3-4,6,11H,5H2,1-2H3,(H,12,13). The molecule has 0 spiro atoms. The van der Waals surface area contributed by atoms with Gasteiger partial charge in [-0.3, -0.25) is 4.79 Å². The van der Waals surface area contributed by atoms with Gasteiger partial charge >= 0.3 is 0 Å². The number of hydrogen-bond donors (Lipinski definition) is 2. The zero-order valence-corrected chi connectivity index (χ0v) is 10.5. The maximum Gasteiger partial charge on any atom is 0.237 e. The van der Waals surface area contributed by atoms with Crippen LogP contribution in [0.25, 0.3) is 0 Å². The predicted molar refractivity (Wildman–Crippen MR) is 62.4 cm³/mol. The molecule has 0 bridgehead atoms. The van der Waals surface area contributed by atoms with Crippen molar-refractivity contribution in [1.82, 2.24) is 10.6 Å². The van der Waals surface area contributed by atoms with Crippen LogP contribution in [-0.4, -0.2) is 19.0 Å². The molecular formula is C9H13BrN2OS. The van der Waals surface area contributed by atoms with E-state index in [1.807, 2.05) is 19.1 Å². The summed E-state index contributed by atoms with van der Waals surface area (Å²) in [6, 6.07) is 3.84. The summed E-state index contributed by atoms with van der Waals surface area (Å²) in [4.78, 5) is 12.5. The summed E-state index contributed by atoms with van der Waals surface area (Å²) >= 11 is 5.01. The van der Waals surface area contributed by atoms with Crippen LogP contribution < -0.4 is 10.6 Å².